The van der Waals surface area contributed by atoms with Crippen LogP contribution in [-0.2, 0) is 15.0 Å². The highest BCUT2D eigenvalue weighted by Gasteiger charge is 2.57. The largest absolute Gasteiger partial charge is 0.393 e. The van der Waals surface area contributed by atoms with Gasteiger partial charge in [-0.3, -0.25) is 29.8 Å². The molecular formula is C42H56ClN9O4S. The third-order valence-electron chi connectivity index (χ3n) is 12.1. The quantitative estimate of drug-likeness (QED) is 0.152. The van der Waals surface area contributed by atoms with Crippen molar-refractivity contribution < 1.29 is 19.5 Å². The molecule has 13 nitrogen and oxygen atoms in total. The first-order valence-corrected chi connectivity index (χ1v) is 21.9. The van der Waals surface area contributed by atoms with Crippen molar-refractivity contribution in [3.05, 3.63) is 58.7 Å². The van der Waals surface area contributed by atoms with Crippen LogP contribution in [0.1, 0.15) is 94.6 Å². The van der Waals surface area contributed by atoms with Gasteiger partial charge in [-0.05, 0) is 105 Å². The molecule has 3 aliphatic heterocycles. The summed E-state index contributed by atoms with van der Waals surface area (Å²) in [7, 11) is 0. The maximum absolute atomic E-state index is 12.1. The molecule has 57 heavy (non-hydrogen) atoms. The van der Waals surface area contributed by atoms with Crippen molar-refractivity contribution in [3.8, 4) is 0 Å². The van der Waals surface area contributed by atoms with Crippen molar-refractivity contribution in [2.75, 3.05) is 59.7 Å². The molecule has 3 aliphatic carbocycles. The number of nitrogens with zero attached hydrogens (tertiary/aromatic N) is 5. The van der Waals surface area contributed by atoms with Crippen LogP contribution in [0.3, 0.4) is 0 Å². The number of nitrogens with one attached hydrogen (secondary N) is 3. The van der Waals surface area contributed by atoms with Crippen molar-refractivity contribution in [3.63, 3.8) is 0 Å². The number of rotatable bonds is 7. The standard InChI is InChI=1S/C21H29ClN4O2.C15H15N5OS.C6H12O/c22-18-14-17(6-7-19(18)26-9-8-20(27)23-21(26)28)25-12-10-24(11-13-25)15-16-4-2-1-3-5-16;1-8-6-9(22-16)2-3-11(8)18-14-17-7-10-12(20-14)19-13(21)15(10)4-5-15;7-6-4-2-1-3-5-6/h6-7,14,16H,1-5,8-13,15H2,(H,23,27,28);2-3,6-7H,4-5,16H2,1H3,(H2,17,18,19,20,21);6-7H,1-5H2. The molecule has 4 heterocycles. The Morgan fingerprint density at radius 3 is 2.26 bits per heavy atom. The molecule has 9 rings (SSSR count). The van der Waals surface area contributed by atoms with Gasteiger partial charge in [-0.1, -0.05) is 50.1 Å². The van der Waals surface area contributed by atoms with Crippen LogP contribution in [0.25, 0.3) is 0 Å². The van der Waals surface area contributed by atoms with Crippen LogP contribution >= 0.6 is 23.5 Å². The number of urea groups is 1. The number of hydrogen-bond donors (Lipinski definition) is 5. The van der Waals surface area contributed by atoms with Crippen LogP contribution in [-0.4, -0.2) is 83.2 Å². The van der Waals surface area contributed by atoms with Crippen LogP contribution < -0.4 is 30.9 Å². The fourth-order valence-corrected chi connectivity index (χ4v) is 9.21. The lowest BCUT2D eigenvalue weighted by atomic mass is 9.89. The van der Waals surface area contributed by atoms with Gasteiger partial charge in [-0.2, -0.15) is 4.98 Å². The van der Waals surface area contributed by atoms with Gasteiger partial charge in [-0.15, -0.1) is 0 Å². The van der Waals surface area contributed by atoms with E-state index in [1.807, 2.05) is 43.3 Å². The van der Waals surface area contributed by atoms with Gasteiger partial charge in [0, 0.05) is 73.7 Å². The molecule has 6 aliphatic rings. The number of nitrogens with two attached hydrogens (primary N) is 1. The Bertz CT molecular complexity index is 1910. The Morgan fingerprint density at radius 2 is 1.65 bits per heavy atom. The van der Waals surface area contributed by atoms with E-state index in [9.17, 15) is 14.4 Å². The summed E-state index contributed by atoms with van der Waals surface area (Å²) < 4.78 is 0. The summed E-state index contributed by atoms with van der Waals surface area (Å²) in [6.45, 7) is 7.79. The molecule has 306 valence electrons. The number of anilines is 5. The van der Waals surface area contributed by atoms with Crippen LogP contribution in [0.2, 0.25) is 5.02 Å². The lowest BCUT2D eigenvalue weighted by Gasteiger charge is -2.38. The fourth-order valence-electron chi connectivity index (χ4n) is 8.54. The normalized spacial score (nSPS) is 20.8. The van der Waals surface area contributed by atoms with E-state index in [1.54, 1.807) is 6.20 Å². The second-order valence-electron chi connectivity index (χ2n) is 16.2. The second-order valence-corrected chi connectivity index (χ2v) is 17.3. The highest BCUT2D eigenvalue weighted by molar-refractivity contribution is 7.97. The van der Waals surface area contributed by atoms with Crippen molar-refractivity contribution in [1.29, 1.82) is 0 Å². The average Bonchev–Trinajstić information content (AvgIpc) is 3.98. The van der Waals surface area contributed by atoms with Gasteiger partial charge >= 0.3 is 6.03 Å². The number of halogens is 1. The van der Waals surface area contributed by atoms with E-state index in [4.69, 9.17) is 21.8 Å². The summed E-state index contributed by atoms with van der Waals surface area (Å²) >= 11 is 7.71. The Morgan fingerprint density at radius 1 is 0.930 bits per heavy atom. The zero-order valence-electron chi connectivity index (χ0n) is 32.9. The molecule has 1 aromatic heterocycles. The van der Waals surface area contributed by atoms with E-state index in [-0.39, 0.29) is 23.3 Å². The SMILES string of the molecule is Cc1cc(SN)ccc1Nc1ncc2c(n1)NC(=O)C21CC1.O=C1CCN(c2ccc(N3CCN(CC4CCCCC4)CC3)cc2Cl)C(=O)N1.OC1CCCCC1. The topological polar surface area (TPSA) is 169 Å². The maximum Gasteiger partial charge on any atom is 0.328 e. The van der Waals surface area contributed by atoms with Crippen LogP contribution in [0.15, 0.2) is 47.5 Å². The smallest absolute Gasteiger partial charge is 0.328 e. The Kier molecular flexibility index (Phi) is 13.6. The molecule has 0 bridgehead atoms. The summed E-state index contributed by atoms with van der Waals surface area (Å²) in [5.41, 5.74) is 4.31. The number of carbonyl (C=O) groups is 3. The number of aliphatic hydroxyl groups excluding tert-OH is 1. The van der Waals surface area contributed by atoms with E-state index in [0.717, 1.165) is 85.2 Å². The Labute approximate surface area is 345 Å². The van der Waals surface area contributed by atoms with Crippen molar-refractivity contribution in [2.24, 2.45) is 11.1 Å². The number of piperazine rings is 1. The lowest BCUT2D eigenvalue weighted by Crippen LogP contribution is -2.49. The monoisotopic (exact) mass is 817 g/mol. The highest BCUT2D eigenvalue weighted by atomic mass is 35.5. The number of aliphatic hydroxyl groups is 1. The summed E-state index contributed by atoms with van der Waals surface area (Å²) in [6.07, 6.45) is 16.8. The van der Waals surface area contributed by atoms with Gasteiger partial charge in [0.05, 0.1) is 22.2 Å². The van der Waals surface area contributed by atoms with E-state index in [1.165, 1.54) is 74.8 Å². The Balaban J connectivity index is 0.000000151. The molecule has 0 radical (unpaired) electrons. The molecule has 2 saturated heterocycles. The predicted octanol–water partition coefficient (Wildman–Crippen LogP) is 7.28. The van der Waals surface area contributed by atoms with Gasteiger partial charge in [0.1, 0.15) is 5.82 Å². The number of benzene rings is 2. The van der Waals surface area contributed by atoms with Gasteiger partial charge in [0.2, 0.25) is 17.8 Å². The number of imide groups is 1. The molecule has 15 heteroatoms. The van der Waals surface area contributed by atoms with E-state index in [0.29, 0.717) is 35.4 Å². The fraction of sp³-hybridized carbons (Fsp3) is 0.548. The van der Waals surface area contributed by atoms with E-state index in [2.05, 4.69) is 35.7 Å². The molecule has 4 amide bonds. The second kappa shape index (κ2) is 18.8. The first-order chi connectivity index (χ1) is 27.6. The van der Waals surface area contributed by atoms with Crippen molar-refractivity contribution >= 4 is 70.2 Å². The number of fused-ring (bicyclic) bond motifs is 2. The first kappa shape index (κ1) is 41.2. The van der Waals surface area contributed by atoms with E-state index >= 15 is 0 Å². The molecule has 0 atom stereocenters. The molecule has 0 unspecified atom stereocenters. The number of aromatic nitrogens is 2. The summed E-state index contributed by atoms with van der Waals surface area (Å²) in [6, 6.07) is 11.3. The average molecular weight is 818 g/mol. The number of amides is 4. The minimum Gasteiger partial charge on any atom is -0.393 e. The summed E-state index contributed by atoms with van der Waals surface area (Å²) in [5, 5.41) is 23.4. The minimum absolute atomic E-state index is 0.0359. The number of carbonyl (C=O) groups excluding carboxylic acids is 3. The van der Waals surface area contributed by atoms with Gasteiger partial charge in [0.25, 0.3) is 0 Å². The van der Waals surface area contributed by atoms with Crippen molar-refractivity contribution in [2.45, 2.75) is 107 Å². The van der Waals surface area contributed by atoms with Crippen LogP contribution in [0.4, 0.5) is 33.6 Å². The highest BCUT2D eigenvalue weighted by Crippen LogP contribution is 2.54. The summed E-state index contributed by atoms with van der Waals surface area (Å²) in [4.78, 5) is 51.7. The minimum atomic E-state index is -0.401. The zero-order valence-corrected chi connectivity index (χ0v) is 34.5. The van der Waals surface area contributed by atoms with Crippen LogP contribution in [0.5, 0.6) is 0 Å². The third kappa shape index (κ3) is 10.2. The molecular weight excluding hydrogens is 762 g/mol. The number of hydrogen-bond acceptors (Lipinski definition) is 11. The van der Waals surface area contributed by atoms with Gasteiger partial charge in [-0.25, -0.2) is 9.78 Å². The van der Waals surface area contributed by atoms with Gasteiger partial charge in [0.15, 0.2) is 0 Å². The predicted molar refractivity (Wildman–Crippen MR) is 227 cm³/mol. The van der Waals surface area contributed by atoms with Crippen LogP contribution in [0, 0.1) is 12.8 Å². The molecule has 2 aromatic carbocycles. The number of aryl methyl sites for hydroxylation is 1. The zero-order chi connectivity index (χ0) is 39.9. The molecule has 6 N–H and O–H groups in total. The Hall–Kier alpha value is -3.95. The maximum atomic E-state index is 12.1. The van der Waals surface area contributed by atoms with Gasteiger partial charge < -0.3 is 20.6 Å². The lowest BCUT2D eigenvalue weighted by molar-refractivity contribution is -0.120. The first-order valence-electron chi connectivity index (χ1n) is 20.6. The summed E-state index contributed by atoms with van der Waals surface area (Å²) in [5.74, 6) is 1.81. The molecule has 1 spiro atoms. The molecule has 5 fully saturated rings. The molecule has 3 aromatic rings. The third-order valence-corrected chi connectivity index (χ3v) is 13.0. The molecule has 3 saturated carbocycles. The van der Waals surface area contributed by atoms with Crippen molar-refractivity contribution in [1.82, 2.24) is 20.2 Å². The van der Waals surface area contributed by atoms with E-state index < -0.39 is 6.03 Å².